The topological polar surface area (TPSA) is 21.3 Å². The van der Waals surface area contributed by atoms with E-state index in [-0.39, 0.29) is 12.4 Å². The molecule has 0 spiro atoms. The highest BCUT2D eigenvalue weighted by Gasteiger charge is 2.14. The molecule has 24 heavy (non-hydrogen) atoms. The maximum Gasteiger partial charge on any atom is 0.122 e. The van der Waals surface area contributed by atoms with Gasteiger partial charge in [0.25, 0.3) is 0 Å². The largest absolute Gasteiger partial charge is 0.496 e. The van der Waals surface area contributed by atoms with Gasteiger partial charge in [0, 0.05) is 12.5 Å². The second-order valence-electron chi connectivity index (χ2n) is 5.88. The van der Waals surface area contributed by atoms with E-state index in [1.54, 1.807) is 7.11 Å². The molecule has 0 heterocycles. The number of benzene rings is 3. The summed E-state index contributed by atoms with van der Waals surface area (Å²) in [6.45, 7) is 0.941. The van der Waals surface area contributed by atoms with Gasteiger partial charge in [0.05, 0.1) is 7.11 Å². The molecule has 126 valence electrons. The van der Waals surface area contributed by atoms with Gasteiger partial charge in [-0.3, -0.25) is 0 Å². The first-order valence-electron chi connectivity index (χ1n) is 8.07. The molecule has 0 aliphatic rings. The minimum Gasteiger partial charge on any atom is -0.496 e. The van der Waals surface area contributed by atoms with E-state index < -0.39 is 0 Å². The Hall–Kier alpha value is -2.03. The SMILES string of the molecule is CNCC(Cc1ccccc1OC)c1ccc2ccccc2c1.Cl. The fraction of sp³-hybridized carbons (Fsp3) is 0.238. The van der Waals surface area contributed by atoms with Crippen LogP contribution >= 0.6 is 12.4 Å². The standard InChI is InChI=1S/C21H23NO.ClH/c1-22-15-20(14-19-9-5-6-10-21(19)23-2)18-12-11-16-7-3-4-8-17(16)13-18;/h3-13,20,22H,14-15H2,1-2H3;1H. The van der Waals surface area contributed by atoms with Crippen molar-refractivity contribution in [1.82, 2.24) is 5.32 Å². The number of ether oxygens (including phenoxy) is 1. The van der Waals surface area contributed by atoms with Gasteiger partial charge >= 0.3 is 0 Å². The van der Waals surface area contributed by atoms with E-state index in [0.717, 1.165) is 18.7 Å². The Kier molecular flexibility index (Phi) is 6.65. The molecule has 0 radical (unpaired) electrons. The van der Waals surface area contributed by atoms with Gasteiger partial charge in [0.15, 0.2) is 0 Å². The summed E-state index contributed by atoms with van der Waals surface area (Å²) < 4.78 is 5.51. The number of fused-ring (bicyclic) bond motifs is 1. The third-order valence-electron chi connectivity index (χ3n) is 4.35. The van der Waals surface area contributed by atoms with Gasteiger partial charge in [-0.05, 0) is 41.4 Å². The van der Waals surface area contributed by atoms with Crippen molar-refractivity contribution >= 4 is 23.2 Å². The van der Waals surface area contributed by atoms with Crippen molar-refractivity contribution in [2.45, 2.75) is 12.3 Å². The molecule has 0 bridgehead atoms. The van der Waals surface area contributed by atoms with Crippen molar-refractivity contribution in [2.24, 2.45) is 0 Å². The molecule has 0 saturated heterocycles. The number of hydrogen-bond acceptors (Lipinski definition) is 2. The molecule has 0 aliphatic heterocycles. The Bertz CT molecular complexity index is 787. The second-order valence-corrected chi connectivity index (χ2v) is 5.88. The average Bonchev–Trinajstić information content (AvgIpc) is 2.61. The Balaban J connectivity index is 0.00000208. The van der Waals surface area contributed by atoms with Crippen molar-refractivity contribution in [3.63, 3.8) is 0 Å². The lowest BCUT2D eigenvalue weighted by atomic mass is 9.90. The van der Waals surface area contributed by atoms with Crippen LogP contribution in [-0.2, 0) is 6.42 Å². The summed E-state index contributed by atoms with van der Waals surface area (Å²) in [4.78, 5) is 0. The molecule has 2 nitrogen and oxygen atoms in total. The normalized spacial score (nSPS) is 11.8. The zero-order valence-electron chi connectivity index (χ0n) is 14.2. The molecule has 0 fully saturated rings. The third-order valence-corrected chi connectivity index (χ3v) is 4.35. The first-order valence-corrected chi connectivity index (χ1v) is 8.07. The molecule has 3 aromatic rings. The van der Waals surface area contributed by atoms with E-state index in [9.17, 15) is 0 Å². The molecule has 1 N–H and O–H groups in total. The van der Waals surface area contributed by atoms with Gasteiger partial charge < -0.3 is 10.1 Å². The van der Waals surface area contributed by atoms with E-state index in [2.05, 4.69) is 59.9 Å². The Morgan fingerprint density at radius 1 is 0.917 bits per heavy atom. The summed E-state index contributed by atoms with van der Waals surface area (Å²) in [5, 5.41) is 5.92. The van der Waals surface area contributed by atoms with Crippen LogP contribution in [0.15, 0.2) is 66.7 Å². The zero-order valence-corrected chi connectivity index (χ0v) is 15.0. The van der Waals surface area contributed by atoms with E-state index >= 15 is 0 Å². The molecule has 0 saturated carbocycles. The molecule has 0 amide bonds. The number of likely N-dealkylation sites (N-methyl/N-ethyl adjacent to an activating group) is 1. The van der Waals surface area contributed by atoms with Crippen LogP contribution in [0.2, 0.25) is 0 Å². The maximum atomic E-state index is 5.51. The zero-order chi connectivity index (χ0) is 16.1. The lowest BCUT2D eigenvalue weighted by molar-refractivity contribution is 0.407. The highest BCUT2D eigenvalue weighted by Crippen LogP contribution is 2.28. The van der Waals surface area contributed by atoms with Crippen LogP contribution in [0.1, 0.15) is 17.0 Å². The van der Waals surface area contributed by atoms with Crippen molar-refractivity contribution in [2.75, 3.05) is 20.7 Å². The van der Waals surface area contributed by atoms with Gasteiger partial charge in [0.2, 0.25) is 0 Å². The van der Waals surface area contributed by atoms with Gasteiger partial charge in [0.1, 0.15) is 5.75 Å². The van der Waals surface area contributed by atoms with Crippen LogP contribution < -0.4 is 10.1 Å². The van der Waals surface area contributed by atoms with E-state index in [0.29, 0.717) is 5.92 Å². The van der Waals surface area contributed by atoms with Crippen molar-refractivity contribution in [3.05, 3.63) is 77.9 Å². The molecule has 0 aliphatic carbocycles. The fourth-order valence-electron chi connectivity index (χ4n) is 3.15. The van der Waals surface area contributed by atoms with E-state index in [1.807, 2.05) is 19.2 Å². The number of para-hydroxylation sites is 1. The number of rotatable bonds is 6. The average molecular weight is 342 g/mol. The van der Waals surface area contributed by atoms with Crippen molar-refractivity contribution in [3.8, 4) is 5.75 Å². The van der Waals surface area contributed by atoms with Crippen LogP contribution in [0.25, 0.3) is 10.8 Å². The summed E-state index contributed by atoms with van der Waals surface area (Å²) in [6, 6.07) is 23.6. The Labute approximate surface area is 150 Å². The highest BCUT2D eigenvalue weighted by atomic mass is 35.5. The summed E-state index contributed by atoms with van der Waals surface area (Å²) in [6.07, 6.45) is 0.962. The Morgan fingerprint density at radius 3 is 2.38 bits per heavy atom. The fourth-order valence-corrected chi connectivity index (χ4v) is 3.15. The monoisotopic (exact) mass is 341 g/mol. The highest BCUT2D eigenvalue weighted by molar-refractivity contribution is 5.85. The molecule has 3 aromatic carbocycles. The van der Waals surface area contributed by atoms with Crippen molar-refractivity contribution in [1.29, 1.82) is 0 Å². The third kappa shape index (κ3) is 4.08. The van der Waals surface area contributed by atoms with Crippen LogP contribution in [0.5, 0.6) is 5.75 Å². The lowest BCUT2D eigenvalue weighted by Gasteiger charge is -2.19. The minimum absolute atomic E-state index is 0. The summed E-state index contributed by atoms with van der Waals surface area (Å²) >= 11 is 0. The predicted molar refractivity (Wildman–Crippen MR) is 105 cm³/mol. The summed E-state index contributed by atoms with van der Waals surface area (Å²) in [5.41, 5.74) is 2.62. The number of halogens is 1. The van der Waals surface area contributed by atoms with Crippen LogP contribution in [-0.4, -0.2) is 20.7 Å². The van der Waals surface area contributed by atoms with Gasteiger partial charge in [-0.2, -0.15) is 0 Å². The predicted octanol–water partition coefficient (Wildman–Crippen LogP) is 4.82. The molecule has 0 aromatic heterocycles. The van der Waals surface area contributed by atoms with Gasteiger partial charge in [-0.1, -0.05) is 60.7 Å². The number of hydrogen-bond donors (Lipinski definition) is 1. The molecule has 3 rings (SSSR count). The second kappa shape index (κ2) is 8.72. The Morgan fingerprint density at radius 2 is 1.62 bits per heavy atom. The number of nitrogens with one attached hydrogen (secondary N) is 1. The van der Waals surface area contributed by atoms with Crippen LogP contribution in [0.4, 0.5) is 0 Å². The van der Waals surface area contributed by atoms with Crippen molar-refractivity contribution < 1.29 is 4.74 Å². The summed E-state index contributed by atoms with van der Waals surface area (Å²) in [7, 11) is 3.75. The summed E-state index contributed by atoms with van der Waals surface area (Å²) in [5.74, 6) is 1.38. The first-order chi connectivity index (χ1) is 11.3. The molecule has 1 unspecified atom stereocenters. The molecule has 1 atom stereocenters. The van der Waals surface area contributed by atoms with E-state index in [1.165, 1.54) is 21.9 Å². The lowest BCUT2D eigenvalue weighted by Crippen LogP contribution is -2.19. The van der Waals surface area contributed by atoms with Gasteiger partial charge in [-0.25, -0.2) is 0 Å². The number of methoxy groups -OCH3 is 1. The maximum absolute atomic E-state index is 5.51. The first kappa shape index (κ1) is 18.3. The molecular formula is C21H24ClNO. The molecule has 3 heteroatoms. The van der Waals surface area contributed by atoms with Crippen LogP contribution in [0.3, 0.4) is 0 Å². The van der Waals surface area contributed by atoms with Gasteiger partial charge in [-0.15, -0.1) is 12.4 Å². The molecular weight excluding hydrogens is 318 g/mol. The smallest absolute Gasteiger partial charge is 0.122 e. The minimum atomic E-state index is 0. The van der Waals surface area contributed by atoms with E-state index in [4.69, 9.17) is 4.74 Å². The van der Waals surface area contributed by atoms with Crippen LogP contribution in [0, 0.1) is 0 Å². The quantitative estimate of drug-likeness (QED) is 0.694.